The molecule has 1 aliphatic rings. The van der Waals surface area contributed by atoms with Gasteiger partial charge in [0.15, 0.2) is 0 Å². The summed E-state index contributed by atoms with van der Waals surface area (Å²) in [4.78, 5) is 13.3. The molecular weight excluding hydrogens is 290 g/mol. The molecule has 0 unspecified atom stereocenters. The van der Waals surface area contributed by atoms with Gasteiger partial charge in [-0.05, 0) is 42.7 Å². The molecular formula is C16H16ClNO3. The molecule has 110 valence electrons. The van der Waals surface area contributed by atoms with Crippen LogP contribution in [-0.2, 0) is 13.1 Å². The maximum Gasteiger partial charge on any atom is 0.335 e. The van der Waals surface area contributed by atoms with Crippen molar-refractivity contribution in [1.82, 2.24) is 4.90 Å². The van der Waals surface area contributed by atoms with Crippen molar-refractivity contribution < 1.29 is 14.3 Å². The molecule has 1 aromatic carbocycles. The predicted molar refractivity (Wildman–Crippen MR) is 79.4 cm³/mol. The van der Waals surface area contributed by atoms with Crippen LogP contribution in [0.15, 0.2) is 41.0 Å². The Morgan fingerprint density at radius 2 is 2.14 bits per heavy atom. The highest BCUT2D eigenvalue weighted by atomic mass is 35.5. The summed E-state index contributed by atoms with van der Waals surface area (Å²) in [5.74, 6) is -0.0294. The second kappa shape index (κ2) is 5.92. The third-order valence-corrected chi connectivity index (χ3v) is 4.03. The van der Waals surface area contributed by atoms with Gasteiger partial charge in [-0.25, -0.2) is 4.79 Å². The number of hydrogen-bond acceptors (Lipinski definition) is 3. The number of carboxylic acid groups (broad SMARTS) is 1. The van der Waals surface area contributed by atoms with Gasteiger partial charge in [-0.15, -0.1) is 0 Å². The van der Waals surface area contributed by atoms with Crippen molar-refractivity contribution in [3.05, 3.63) is 58.5 Å². The molecule has 21 heavy (non-hydrogen) atoms. The zero-order valence-corrected chi connectivity index (χ0v) is 12.2. The quantitative estimate of drug-likeness (QED) is 0.882. The number of hydrogen-bond donors (Lipinski definition) is 1. The second-order valence-corrected chi connectivity index (χ2v) is 5.73. The lowest BCUT2D eigenvalue weighted by Crippen LogP contribution is -2.25. The Balaban J connectivity index is 1.75. The number of furan rings is 1. The molecule has 0 saturated heterocycles. The maximum atomic E-state index is 10.9. The van der Waals surface area contributed by atoms with Crippen LogP contribution in [0, 0.1) is 0 Å². The highest BCUT2D eigenvalue weighted by Crippen LogP contribution is 2.31. The summed E-state index contributed by atoms with van der Waals surface area (Å²) in [5, 5.41) is 9.47. The molecule has 1 heterocycles. The summed E-state index contributed by atoms with van der Waals surface area (Å²) in [7, 11) is 0. The molecule has 2 aromatic rings. The first kappa shape index (κ1) is 14.2. The Morgan fingerprint density at radius 1 is 1.33 bits per heavy atom. The average Bonchev–Trinajstić information content (AvgIpc) is 3.18. The van der Waals surface area contributed by atoms with Crippen LogP contribution in [0.25, 0.3) is 0 Å². The standard InChI is InChI=1S/C16H16ClNO3/c17-15-8-11(16(19)20)3-4-12(15)9-18(13-5-6-13)10-14-2-1-7-21-14/h1-4,7-8,13H,5-6,9-10H2,(H,19,20). The van der Waals surface area contributed by atoms with E-state index in [1.807, 2.05) is 12.1 Å². The van der Waals surface area contributed by atoms with E-state index in [4.69, 9.17) is 21.1 Å². The molecule has 5 heteroatoms. The molecule has 1 aliphatic carbocycles. The molecule has 0 bridgehead atoms. The molecule has 1 N–H and O–H groups in total. The Bertz CT molecular complexity index is 635. The number of benzene rings is 1. The van der Waals surface area contributed by atoms with Crippen LogP contribution in [-0.4, -0.2) is 22.0 Å². The van der Waals surface area contributed by atoms with Gasteiger partial charge in [0, 0.05) is 17.6 Å². The van der Waals surface area contributed by atoms with Crippen molar-refractivity contribution in [1.29, 1.82) is 0 Å². The van der Waals surface area contributed by atoms with E-state index in [9.17, 15) is 4.79 Å². The molecule has 1 fully saturated rings. The summed E-state index contributed by atoms with van der Waals surface area (Å²) in [5.41, 5.74) is 1.16. The van der Waals surface area contributed by atoms with E-state index in [2.05, 4.69) is 4.90 Å². The van der Waals surface area contributed by atoms with E-state index in [0.717, 1.165) is 17.9 Å². The van der Waals surface area contributed by atoms with Crippen LogP contribution in [0.1, 0.15) is 34.5 Å². The summed E-state index contributed by atoms with van der Waals surface area (Å²) >= 11 is 6.21. The first-order valence-corrected chi connectivity index (χ1v) is 7.29. The lowest BCUT2D eigenvalue weighted by atomic mass is 10.1. The smallest absolute Gasteiger partial charge is 0.335 e. The molecule has 3 rings (SSSR count). The summed E-state index contributed by atoms with van der Waals surface area (Å²) in [6, 6.07) is 9.31. The maximum absolute atomic E-state index is 10.9. The van der Waals surface area contributed by atoms with E-state index in [0.29, 0.717) is 17.6 Å². The van der Waals surface area contributed by atoms with Crippen LogP contribution in [0.3, 0.4) is 0 Å². The van der Waals surface area contributed by atoms with Crippen LogP contribution < -0.4 is 0 Å². The van der Waals surface area contributed by atoms with Crippen LogP contribution in [0.5, 0.6) is 0 Å². The van der Waals surface area contributed by atoms with Crippen LogP contribution in [0.2, 0.25) is 5.02 Å². The van der Waals surface area contributed by atoms with Crippen LogP contribution >= 0.6 is 11.6 Å². The fourth-order valence-electron chi connectivity index (χ4n) is 2.38. The fraction of sp³-hybridized carbons (Fsp3) is 0.312. The monoisotopic (exact) mass is 305 g/mol. The Hall–Kier alpha value is -1.78. The number of aromatic carboxylic acids is 1. The van der Waals surface area contributed by atoms with Crippen molar-refractivity contribution in [3.8, 4) is 0 Å². The highest BCUT2D eigenvalue weighted by Gasteiger charge is 2.30. The number of nitrogens with zero attached hydrogens (tertiary/aromatic N) is 1. The van der Waals surface area contributed by atoms with Crippen molar-refractivity contribution >= 4 is 17.6 Å². The number of halogens is 1. The lowest BCUT2D eigenvalue weighted by Gasteiger charge is -2.21. The average molecular weight is 306 g/mol. The minimum atomic E-state index is -0.960. The van der Waals surface area contributed by atoms with E-state index in [-0.39, 0.29) is 5.56 Å². The van der Waals surface area contributed by atoms with Crippen LogP contribution in [0.4, 0.5) is 0 Å². The van der Waals surface area contributed by atoms with E-state index < -0.39 is 5.97 Å². The predicted octanol–water partition coefficient (Wildman–Crippen LogP) is 3.80. The Morgan fingerprint density at radius 3 is 2.71 bits per heavy atom. The molecule has 1 saturated carbocycles. The third kappa shape index (κ3) is 3.46. The van der Waals surface area contributed by atoms with Gasteiger partial charge >= 0.3 is 5.97 Å². The van der Waals surface area contributed by atoms with Crippen molar-refractivity contribution in [2.45, 2.75) is 32.0 Å². The van der Waals surface area contributed by atoms with Crippen molar-refractivity contribution in [2.24, 2.45) is 0 Å². The number of rotatable bonds is 6. The van der Waals surface area contributed by atoms with E-state index in [1.54, 1.807) is 18.4 Å². The minimum Gasteiger partial charge on any atom is -0.478 e. The molecule has 1 aromatic heterocycles. The summed E-state index contributed by atoms with van der Waals surface area (Å²) < 4.78 is 5.41. The lowest BCUT2D eigenvalue weighted by molar-refractivity contribution is 0.0697. The van der Waals surface area contributed by atoms with Gasteiger partial charge in [-0.3, -0.25) is 4.90 Å². The molecule has 4 nitrogen and oxygen atoms in total. The zero-order chi connectivity index (χ0) is 14.8. The van der Waals surface area contributed by atoms with E-state index >= 15 is 0 Å². The van der Waals surface area contributed by atoms with Crippen molar-refractivity contribution in [3.63, 3.8) is 0 Å². The van der Waals surface area contributed by atoms with E-state index in [1.165, 1.54) is 18.9 Å². The largest absolute Gasteiger partial charge is 0.478 e. The molecule has 0 spiro atoms. The zero-order valence-electron chi connectivity index (χ0n) is 11.5. The molecule has 0 aliphatic heterocycles. The normalized spacial score (nSPS) is 14.6. The third-order valence-electron chi connectivity index (χ3n) is 3.68. The first-order chi connectivity index (χ1) is 10.1. The Kier molecular flexibility index (Phi) is 3.99. The Labute approximate surface area is 127 Å². The second-order valence-electron chi connectivity index (χ2n) is 5.33. The topological polar surface area (TPSA) is 53.7 Å². The first-order valence-electron chi connectivity index (χ1n) is 6.91. The van der Waals surface area contributed by atoms with Gasteiger partial charge in [0.05, 0.1) is 18.4 Å². The molecule has 0 atom stereocenters. The van der Waals surface area contributed by atoms with Gasteiger partial charge < -0.3 is 9.52 Å². The summed E-state index contributed by atoms with van der Waals surface area (Å²) in [6.45, 7) is 1.44. The van der Waals surface area contributed by atoms with Gasteiger partial charge in [0.25, 0.3) is 0 Å². The van der Waals surface area contributed by atoms with Gasteiger partial charge in [-0.1, -0.05) is 17.7 Å². The number of carboxylic acids is 1. The minimum absolute atomic E-state index is 0.216. The number of carbonyl (C=O) groups is 1. The van der Waals surface area contributed by atoms with Gasteiger partial charge in [0.2, 0.25) is 0 Å². The van der Waals surface area contributed by atoms with Gasteiger partial charge in [0.1, 0.15) is 5.76 Å². The van der Waals surface area contributed by atoms with Crippen molar-refractivity contribution in [2.75, 3.05) is 0 Å². The summed E-state index contributed by atoms with van der Waals surface area (Å²) in [6.07, 6.45) is 4.05. The SMILES string of the molecule is O=C(O)c1ccc(CN(Cc2ccco2)C2CC2)c(Cl)c1. The highest BCUT2D eigenvalue weighted by molar-refractivity contribution is 6.31. The molecule has 0 radical (unpaired) electrons. The van der Waals surface area contributed by atoms with Gasteiger partial charge in [-0.2, -0.15) is 0 Å². The molecule has 0 amide bonds. The fourth-order valence-corrected chi connectivity index (χ4v) is 2.62.